The zero-order valence-electron chi connectivity index (χ0n) is 6.90. The van der Waals surface area contributed by atoms with Crippen LogP contribution in [-0.2, 0) is 11.2 Å². The summed E-state index contributed by atoms with van der Waals surface area (Å²) < 4.78 is 0. The van der Waals surface area contributed by atoms with Crippen LogP contribution in [0.4, 0.5) is 0 Å². The average molecular weight is 194 g/mol. The van der Waals surface area contributed by atoms with Crippen molar-refractivity contribution in [3.05, 3.63) is 35.4 Å². The standard InChI is InChI=1S/C10H8ClNO/c11-10(7-13)5-8-3-1-2-4-9(8)6-12/h1-4,7,10H,5H2. The van der Waals surface area contributed by atoms with E-state index in [0.29, 0.717) is 18.3 Å². The van der Waals surface area contributed by atoms with E-state index in [1.807, 2.05) is 6.07 Å². The van der Waals surface area contributed by atoms with Crippen molar-refractivity contribution in [2.75, 3.05) is 0 Å². The fraction of sp³-hybridized carbons (Fsp3) is 0.200. The van der Waals surface area contributed by atoms with Gasteiger partial charge in [-0.25, -0.2) is 0 Å². The molecule has 1 rings (SSSR count). The maximum Gasteiger partial charge on any atom is 0.138 e. The summed E-state index contributed by atoms with van der Waals surface area (Å²) in [6.45, 7) is 0. The molecule has 1 aromatic carbocycles. The van der Waals surface area contributed by atoms with Crippen LogP contribution in [0.1, 0.15) is 11.1 Å². The Balaban J connectivity index is 2.88. The van der Waals surface area contributed by atoms with Gasteiger partial charge in [-0.1, -0.05) is 18.2 Å². The lowest BCUT2D eigenvalue weighted by molar-refractivity contribution is -0.107. The molecule has 0 heterocycles. The van der Waals surface area contributed by atoms with E-state index < -0.39 is 5.38 Å². The number of benzene rings is 1. The second kappa shape index (κ2) is 4.64. The van der Waals surface area contributed by atoms with E-state index in [1.165, 1.54) is 0 Å². The highest BCUT2D eigenvalue weighted by Gasteiger charge is 2.07. The largest absolute Gasteiger partial charge is 0.302 e. The molecular formula is C10H8ClNO. The molecule has 0 spiro atoms. The number of alkyl halides is 1. The van der Waals surface area contributed by atoms with Crippen LogP contribution >= 0.6 is 11.6 Å². The summed E-state index contributed by atoms with van der Waals surface area (Å²) in [4.78, 5) is 10.3. The molecule has 3 heteroatoms. The number of nitrogens with zero attached hydrogens (tertiary/aromatic N) is 1. The highest BCUT2D eigenvalue weighted by molar-refractivity contribution is 6.27. The fourth-order valence-electron chi connectivity index (χ4n) is 1.07. The average Bonchev–Trinajstić information content (AvgIpc) is 2.18. The van der Waals surface area contributed by atoms with Gasteiger partial charge in [-0.15, -0.1) is 11.6 Å². The van der Waals surface area contributed by atoms with E-state index >= 15 is 0 Å². The summed E-state index contributed by atoms with van der Waals surface area (Å²) in [5.41, 5.74) is 1.40. The van der Waals surface area contributed by atoms with Crippen LogP contribution < -0.4 is 0 Å². The SMILES string of the molecule is N#Cc1ccccc1CC(Cl)C=O. The molecule has 0 bridgehead atoms. The van der Waals surface area contributed by atoms with Crippen molar-refractivity contribution in [2.45, 2.75) is 11.8 Å². The zero-order chi connectivity index (χ0) is 9.68. The number of hydrogen-bond acceptors (Lipinski definition) is 2. The molecule has 0 aliphatic rings. The Morgan fingerprint density at radius 1 is 1.54 bits per heavy atom. The molecule has 0 radical (unpaired) electrons. The number of hydrogen-bond donors (Lipinski definition) is 0. The van der Waals surface area contributed by atoms with Gasteiger partial charge in [0.1, 0.15) is 6.29 Å². The van der Waals surface area contributed by atoms with Crippen LogP contribution in [0.25, 0.3) is 0 Å². The zero-order valence-corrected chi connectivity index (χ0v) is 7.66. The summed E-state index contributed by atoms with van der Waals surface area (Å²) in [5.74, 6) is 0. The van der Waals surface area contributed by atoms with Gasteiger partial charge in [0, 0.05) is 0 Å². The van der Waals surface area contributed by atoms with Gasteiger partial charge in [-0.2, -0.15) is 5.26 Å². The van der Waals surface area contributed by atoms with Crippen LogP contribution in [0.15, 0.2) is 24.3 Å². The highest BCUT2D eigenvalue weighted by atomic mass is 35.5. The molecule has 0 N–H and O–H groups in total. The second-order valence-corrected chi connectivity index (χ2v) is 3.19. The molecule has 1 unspecified atom stereocenters. The monoisotopic (exact) mass is 193 g/mol. The summed E-state index contributed by atoms with van der Waals surface area (Å²) >= 11 is 5.65. The maximum atomic E-state index is 10.3. The lowest BCUT2D eigenvalue weighted by Gasteiger charge is -2.03. The van der Waals surface area contributed by atoms with Crippen molar-refractivity contribution >= 4 is 17.9 Å². The minimum Gasteiger partial charge on any atom is -0.302 e. The molecule has 13 heavy (non-hydrogen) atoms. The normalized spacial score (nSPS) is 11.7. The van der Waals surface area contributed by atoms with Crippen LogP contribution in [-0.4, -0.2) is 11.7 Å². The molecule has 0 amide bonds. The molecule has 0 fully saturated rings. The molecule has 2 nitrogen and oxygen atoms in total. The van der Waals surface area contributed by atoms with Crippen LogP contribution in [0.5, 0.6) is 0 Å². The first-order valence-electron chi connectivity index (χ1n) is 3.85. The number of nitriles is 1. The number of aldehydes is 1. The predicted molar refractivity (Wildman–Crippen MR) is 50.6 cm³/mol. The molecular weight excluding hydrogens is 186 g/mol. The number of carbonyl (C=O) groups excluding carboxylic acids is 1. The van der Waals surface area contributed by atoms with Crippen molar-refractivity contribution in [3.8, 4) is 6.07 Å². The minimum atomic E-state index is -0.547. The van der Waals surface area contributed by atoms with E-state index in [4.69, 9.17) is 16.9 Å². The third-order valence-corrected chi connectivity index (χ3v) is 1.96. The molecule has 0 aliphatic heterocycles. The lowest BCUT2D eigenvalue weighted by atomic mass is 10.0. The first-order chi connectivity index (χ1) is 6.27. The minimum absolute atomic E-state index is 0.411. The number of carbonyl (C=O) groups is 1. The number of halogens is 1. The molecule has 0 saturated heterocycles. The van der Waals surface area contributed by atoms with Gasteiger partial charge >= 0.3 is 0 Å². The molecule has 66 valence electrons. The maximum absolute atomic E-state index is 10.3. The summed E-state index contributed by atoms with van der Waals surface area (Å²) in [7, 11) is 0. The first-order valence-corrected chi connectivity index (χ1v) is 4.29. The Labute approximate surface area is 81.7 Å². The molecule has 0 aromatic heterocycles. The van der Waals surface area contributed by atoms with Crippen LogP contribution in [0, 0.1) is 11.3 Å². The van der Waals surface area contributed by atoms with Gasteiger partial charge in [-0.05, 0) is 18.1 Å². The van der Waals surface area contributed by atoms with E-state index in [-0.39, 0.29) is 0 Å². The van der Waals surface area contributed by atoms with Crippen molar-refractivity contribution in [1.82, 2.24) is 0 Å². The summed E-state index contributed by atoms with van der Waals surface area (Å²) in [6.07, 6.45) is 1.09. The van der Waals surface area contributed by atoms with Gasteiger partial charge in [0.25, 0.3) is 0 Å². The molecule has 0 saturated carbocycles. The molecule has 0 aliphatic carbocycles. The van der Waals surface area contributed by atoms with E-state index in [2.05, 4.69) is 6.07 Å². The van der Waals surface area contributed by atoms with Gasteiger partial charge in [-0.3, -0.25) is 0 Å². The van der Waals surface area contributed by atoms with Crippen LogP contribution in [0.2, 0.25) is 0 Å². The molecule has 1 aromatic rings. The Morgan fingerprint density at radius 2 is 2.23 bits per heavy atom. The summed E-state index contributed by atoms with van der Waals surface area (Å²) in [5, 5.41) is 8.18. The van der Waals surface area contributed by atoms with E-state index in [0.717, 1.165) is 5.56 Å². The Kier molecular flexibility index (Phi) is 3.48. The van der Waals surface area contributed by atoms with Crippen LogP contribution in [0.3, 0.4) is 0 Å². The predicted octanol–water partition coefficient (Wildman–Crippen LogP) is 1.91. The third kappa shape index (κ3) is 2.57. The van der Waals surface area contributed by atoms with Gasteiger partial charge in [0.2, 0.25) is 0 Å². The van der Waals surface area contributed by atoms with Crippen molar-refractivity contribution in [2.24, 2.45) is 0 Å². The Hall–Kier alpha value is -1.33. The quantitative estimate of drug-likeness (QED) is 0.544. The summed E-state index contributed by atoms with van der Waals surface area (Å²) in [6, 6.07) is 9.17. The highest BCUT2D eigenvalue weighted by Crippen LogP contribution is 2.11. The second-order valence-electron chi connectivity index (χ2n) is 2.63. The van der Waals surface area contributed by atoms with Gasteiger partial charge in [0.15, 0.2) is 0 Å². The Morgan fingerprint density at radius 3 is 2.85 bits per heavy atom. The van der Waals surface area contributed by atoms with Crippen molar-refractivity contribution in [1.29, 1.82) is 5.26 Å². The van der Waals surface area contributed by atoms with E-state index in [1.54, 1.807) is 18.2 Å². The smallest absolute Gasteiger partial charge is 0.138 e. The van der Waals surface area contributed by atoms with Crippen molar-refractivity contribution in [3.63, 3.8) is 0 Å². The Bertz CT molecular complexity index is 343. The van der Waals surface area contributed by atoms with Gasteiger partial charge in [0.05, 0.1) is 17.0 Å². The van der Waals surface area contributed by atoms with Crippen molar-refractivity contribution < 1.29 is 4.79 Å². The lowest BCUT2D eigenvalue weighted by Crippen LogP contribution is -2.05. The third-order valence-electron chi connectivity index (χ3n) is 1.70. The number of rotatable bonds is 3. The molecule has 1 atom stereocenters. The fourth-order valence-corrected chi connectivity index (χ4v) is 1.23. The van der Waals surface area contributed by atoms with E-state index in [9.17, 15) is 4.79 Å². The topological polar surface area (TPSA) is 40.9 Å². The first kappa shape index (κ1) is 9.76. The van der Waals surface area contributed by atoms with Gasteiger partial charge < -0.3 is 4.79 Å².